The zero-order chi connectivity index (χ0) is 22.7. The van der Waals surface area contributed by atoms with E-state index < -0.39 is 31.4 Å². The normalized spacial score (nSPS) is 18.8. The van der Waals surface area contributed by atoms with Crippen LogP contribution >= 0.6 is 7.95 Å². The summed E-state index contributed by atoms with van der Waals surface area (Å²) in [7, 11) is -2.11. The lowest BCUT2D eigenvalue weighted by atomic mass is 9.98. The molecule has 1 amide bonds. The molecule has 0 saturated carbocycles. The number of rotatable bonds is 13. The van der Waals surface area contributed by atoms with Crippen LogP contribution in [0.4, 0.5) is 0 Å². The topological polar surface area (TPSA) is 122 Å². The van der Waals surface area contributed by atoms with Crippen molar-refractivity contribution < 1.29 is 33.5 Å². The number of carbonyl (C=O) groups is 3. The van der Waals surface area contributed by atoms with E-state index in [1.54, 1.807) is 27.7 Å². The molecular formula is C20H37N2O7P. The molecule has 1 rings (SSSR count). The first kappa shape index (κ1) is 26.6. The van der Waals surface area contributed by atoms with Gasteiger partial charge in [-0.2, -0.15) is 0 Å². The summed E-state index contributed by atoms with van der Waals surface area (Å²) in [5.74, 6) is -1.59. The fourth-order valence-corrected chi connectivity index (χ4v) is 4.45. The first-order valence-corrected chi connectivity index (χ1v) is 12.2. The van der Waals surface area contributed by atoms with Gasteiger partial charge in [-0.3, -0.25) is 14.7 Å². The largest absolute Gasteiger partial charge is 0.480 e. The molecule has 1 unspecified atom stereocenters. The summed E-state index contributed by atoms with van der Waals surface area (Å²) >= 11 is 0. The average molecular weight is 448 g/mol. The molecule has 9 nitrogen and oxygen atoms in total. The van der Waals surface area contributed by atoms with E-state index in [1.807, 2.05) is 0 Å². The number of carboxylic acid groups (broad SMARTS) is 1. The molecule has 174 valence electrons. The van der Waals surface area contributed by atoms with Crippen LogP contribution in [0.1, 0.15) is 66.2 Å². The van der Waals surface area contributed by atoms with Gasteiger partial charge in [0.25, 0.3) is 0 Å². The molecule has 10 heteroatoms. The third-order valence-electron chi connectivity index (χ3n) is 4.90. The Morgan fingerprint density at radius 1 is 1.20 bits per heavy atom. The van der Waals surface area contributed by atoms with Crippen LogP contribution in [0.2, 0.25) is 0 Å². The third kappa shape index (κ3) is 9.58. The van der Waals surface area contributed by atoms with Gasteiger partial charge in [0.1, 0.15) is 14.0 Å². The second-order valence-corrected chi connectivity index (χ2v) is 10.3. The van der Waals surface area contributed by atoms with Crippen LogP contribution in [0.15, 0.2) is 0 Å². The molecule has 0 aromatic heterocycles. The maximum atomic E-state index is 12.4. The number of nitrogens with one attached hydrogen (secondary N) is 1. The second kappa shape index (κ2) is 13.1. The first-order valence-electron chi connectivity index (χ1n) is 10.6. The number of aliphatic carboxylic acids is 1. The smallest absolute Gasteiger partial charge is 0.326 e. The monoisotopic (exact) mass is 448 g/mol. The number of hydrogen-bond donors (Lipinski definition) is 2. The Labute approximate surface area is 179 Å². The molecule has 0 aromatic rings. The summed E-state index contributed by atoms with van der Waals surface area (Å²) in [6.07, 6.45) is 5.02. The van der Waals surface area contributed by atoms with Crippen molar-refractivity contribution >= 4 is 25.8 Å². The molecule has 2 N–H and O–H groups in total. The van der Waals surface area contributed by atoms with Gasteiger partial charge in [0.15, 0.2) is 6.79 Å². The number of carbonyl (C=O) groups excluding carboxylic acids is 2. The third-order valence-corrected chi connectivity index (χ3v) is 6.46. The summed E-state index contributed by atoms with van der Waals surface area (Å²) in [4.78, 5) is 36.6. The highest BCUT2D eigenvalue weighted by Crippen LogP contribution is 2.22. The van der Waals surface area contributed by atoms with E-state index >= 15 is 0 Å². The Morgan fingerprint density at radius 2 is 1.87 bits per heavy atom. The minimum atomic E-state index is -2.11. The van der Waals surface area contributed by atoms with Gasteiger partial charge in [0, 0.05) is 12.7 Å². The van der Waals surface area contributed by atoms with Crippen molar-refractivity contribution in [3.05, 3.63) is 0 Å². The van der Waals surface area contributed by atoms with Crippen LogP contribution in [0.25, 0.3) is 0 Å². The molecule has 3 atom stereocenters. The number of carboxylic acids is 1. The van der Waals surface area contributed by atoms with E-state index in [0.717, 1.165) is 25.7 Å². The molecule has 30 heavy (non-hydrogen) atoms. The lowest BCUT2D eigenvalue weighted by Gasteiger charge is -2.25. The minimum Gasteiger partial charge on any atom is -0.480 e. The van der Waals surface area contributed by atoms with Crippen LogP contribution < -0.4 is 5.09 Å². The summed E-state index contributed by atoms with van der Waals surface area (Å²) in [5, 5.41) is 12.0. The molecule has 0 aliphatic carbocycles. The van der Waals surface area contributed by atoms with Gasteiger partial charge in [-0.25, -0.2) is 4.79 Å². The number of unbranched alkanes of at least 4 members (excludes halogenated alkanes) is 3. The molecule has 1 aliphatic rings. The summed E-state index contributed by atoms with van der Waals surface area (Å²) < 4.78 is 22.5. The maximum absolute atomic E-state index is 12.4. The van der Waals surface area contributed by atoms with Crippen LogP contribution in [0, 0.1) is 5.41 Å². The van der Waals surface area contributed by atoms with E-state index in [2.05, 4.69) is 5.09 Å². The fourth-order valence-electron chi connectivity index (χ4n) is 3.13. The highest BCUT2D eigenvalue weighted by molar-refractivity contribution is 7.42. The zero-order valence-electron chi connectivity index (χ0n) is 18.6. The highest BCUT2D eigenvalue weighted by Gasteiger charge is 2.36. The van der Waals surface area contributed by atoms with Gasteiger partial charge in [-0.05, 0) is 53.4 Å². The van der Waals surface area contributed by atoms with E-state index in [9.17, 15) is 24.1 Å². The lowest BCUT2D eigenvalue weighted by molar-refractivity contribution is -0.165. The van der Waals surface area contributed by atoms with Crippen molar-refractivity contribution in [2.45, 2.75) is 78.3 Å². The molecule has 1 saturated heterocycles. The zero-order valence-corrected chi connectivity index (χ0v) is 19.6. The molecule has 0 aromatic carbocycles. The number of nitrogens with zero attached hydrogens (tertiary/aromatic N) is 1. The Bertz CT molecular complexity index is 606. The van der Waals surface area contributed by atoms with Gasteiger partial charge in [-0.15, -0.1) is 0 Å². The van der Waals surface area contributed by atoms with Crippen molar-refractivity contribution in [3.63, 3.8) is 0 Å². The highest BCUT2D eigenvalue weighted by atomic mass is 31.1. The van der Waals surface area contributed by atoms with E-state index in [1.165, 1.54) is 4.90 Å². The van der Waals surface area contributed by atoms with Gasteiger partial charge in [-0.1, -0.05) is 12.8 Å². The van der Waals surface area contributed by atoms with E-state index in [4.69, 9.17) is 9.47 Å². The lowest BCUT2D eigenvalue weighted by Crippen LogP contribution is -2.47. The van der Waals surface area contributed by atoms with E-state index in [-0.39, 0.29) is 18.7 Å². The summed E-state index contributed by atoms with van der Waals surface area (Å²) in [6, 6.07) is -1.43. The van der Waals surface area contributed by atoms with Gasteiger partial charge < -0.3 is 24.0 Å². The number of esters is 1. The van der Waals surface area contributed by atoms with E-state index in [0.29, 0.717) is 32.2 Å². The Morgan fingerprint density at radius 3 is 2.50 bits per heavy atom. The van der Waals surface area contributed by atoms with Crippen LogP contribution in [0.5, 0.6) is 0 Å². The van der Waals surface area contributed by atoms with Crippen molar-refractivity contribution in [3.8, 4) is 0 Å². The molecule has 1 fully saturated rings. The number of likely N-dealkylation sites (tertiary alicyclic amines) is 1. The van der Waals surface area contributed by atoms with Gasteiger partial charge in [0.2, 0.25) is 5.91 Å². The summed E-state index contributed by atoms with van der Waals surface area (Å²) in [5.41, 5.74) is -0.538. The minimum absolute atomic E-state index is 0.0423. The molecule has 1 aliphatic heterocycles. The fraction of sp³-hybridized carbons (Fsp3) is 0.850. The van der Waals surface area contributed by atoms with Crippen molar-refractivity contribution in [1.29, 1.82) is 0 Å². The maximum Gasteiger partial charge on any atom is 0.326 e. The van der Waals surface area contributed by atoms with Crippen LogP contribution in [-0.4, -0.2) is 66.0 Å². The molecule has 0 spiro atoms. The van der Waals surface area contributed by atoms with Crippen molar-refractivity contribution in [2.24, 2.45) is 5.41 Å². The molecular weight excluding hydrogens is 411 g/mol. The number of ether oxygens (including phenoxy) is 2. The average Bonchev–Trinajstić information content (AvgIpc) is 3.15. The quantitative estimate of drug-likeness (QED) is 0.191. The second-order valence-electron chi connectivity index (χ2n) is 8.69. The van der Waals surface area contributed by atoms with Gasteiger partial charge in [0.05, 0.1) is 18.1 Å². The van der Waals surface area contributed by atoms with Crippen molar-refractivity contribution in [2.75, 3.05) is 26.1 Å². The molecule has 1 heterocycles. The van der Waals surface area contributed by atoms with Crippen molar-refractivity contribution in [1.82, 2.24) is 9.99 Å². The molecule has 0 radical (unpaired) electrons. The number of hydrogen-bond acceptors (Lipinski definition) is 6. The predicted molar refractivity (Wildman–Crippen MR) is 114 cm³/mol. The van der Waals surface area contributed by atoms with Gasteiger partial charge >= 0.3 is 11.9 Å². The molecule has 0 bridgehead atoms. The Balaban J connectivity index is 2.10. The Hall–Kier alpha value is -1.44. The summed E-state index contributed by atoms with van der Waals surface area (Å²) in [6.45, 7) is 7.87. The van der Waals surface area contributed by atoms with Crippen LogP contribution in [-0.2, 0) is 28.4 Å². The van der Waals surface area contributed by atoms with Crippen LogP contribution in [0.3, 0.4) is 0 Å². The number of amides is 1. The predicted octanol–water partition coefficient (Wildman–Crippen LogP) is 2.64. The Kier molecular flexibility index (Phi) is 11.6. The SMILES string of the molecule is C[C@H](N[PH](=O)CCCCCCOCOC(=O)C(C)(C)C)C(=O)N1CCC[C@H]1C(=O)O. The standard InChI is InChI=1S/C20H37N2O7P/c1-15(17(23)22-11-9-10-16(22)18(24)25)21-30(27)13-8-6-5-7-12-28-14-29-19(26)20(2,3)4/h15-16,30H,5-14H2,1-4H3,(H,21,27)(H,24,25)/t15-,16-/m0/s1. The first-order chi connectivity index (χ1) is 14.0.